The number of amides is 1. The lowest BCUT2D eigenvalue weighted by Crippen LogP contribution is -2.30. The van der Waals surface area contributed by atoms with E-state index in [9.17, 15) is 4.79 Å². The van der Waals surface area contributed by atoms with Crippen LogP contribution in [0.3, 0.4) is 0 Å². The summed E-state index contributed by atoms with van der Waals surface area (Å²) >= 11 is 0. The molecule has 1 saturated carbocycles. The fourth-order valence-corrected chi connectivity index (χ4v) is 1.63. The molecule has 1 aliphatic rings. The van der Waals surface area contributed by atoms with Crippen LogP contribution in [-0.4, -0.2) is 37.6 Å². The SMILES string of the molecule is CN(CCOCC1CC1)C(=O)c1ccc(CN)o1. The molecule has 5 heteroatoms. The average Bonchev–Trinajstić information content (AvgIpc) is 3.08. The van der Waals surface area contributed by atoms with Crippen molar-refractivity contribution >= 4 is 5.91 Å². The van der Waals surface area contributed by atoms with E-state index >= 15 is 0 Å². The molecule has 5 nitrogen and oxygen atoms in total. The maximum Gasteiger partial charge on any atom is 0.289 e. The third kappa shape index (κ3) is 3.58. The Hall–Kier alpha value is -1.33. The molecule has 0 spiro atoms. The third-order valence-electron chi connectivity index (χ3n) is 3.04. The summed E-state index contributed by atoms with van der Waals surface area (Å²) in [6.07, 6.45) is 2.56. The minimum Gasteiger partial charge on any atom is -0.455 e. The van der Waals surface area contributed by atoms with Crippen molar-refractivity contribution in [1.82, 2.24) is 4.90 Å². The Bertz CT molecular complexity index is 399. The molecule has 0 aromatic carbocycles. The van der Waals surface area contributed by atoms with Gasteiger partial charge in [-0.25, -0.2) is 0 Å². The maximum atomic E-state index is 12.0. The summed E-state index contributed by atoms with van der Waals surface area (Å²) in [6, 6.07) is 3.39. The molecule has 0 atom stereocenters. The number of carbonyl (C=O) groups excluding carboxylic acids is 1. The van der Waals surface area contributed by atoms with Gasteiger partial charge in [-0.2, -0.15) is 0 Å². The van der Waals surface area contributed by atoms with E-state index in [-0.39, 0.29) is 5.91 Å². The second kappa shape index (κ2) is 6.02. The molecule has 1 heterocycles. The predicted octanol–water partition coefficient (Wildman–Crippen LogP) is 1.24. The van der Waals surface area contributed by atoms with Gasteiger partial charge in [-0.15, -0.1) is 0 Å². The highest BCUT2D eigenvalue weighted by Crippen LogP contribution is 2.28. The van der Waals surface area contributed by atoms with Gasteiger partial charge >= 0.3 is 0 Å². The topological polar surface area (TPSA) is 68.7 Å². The Morgan fingerprint density at radius 3 is 2.94 bits per heavy atom. The number of rotatable bonds is 7. The van der Waals surface area contributed by atoms with Gasteiger partial charge in [-0.3, -0.25) is 4.79 Å². The summed E-state index contributed by atoms with van der Waals surface area (Å²) in [4.78, 5) is 13.6. The Kier molecular flexibility index (Phi) is 4.38. The molecule has 2 rings (SSSR count). The summed E-state index contributed by atoms with van der Waals surface area (Å²) in [6.45, 7) is 2.27. The highest BCUT2D eigenvalue weighted by atomic mass is 16.5. The average molecular weight is 252 g/mol. The lowest BCUT2D eigenvalue weighted by molar-refractivity contribution is 0.0652. The fraction of sp³-hybridized carbons (Fsp3) is 0.615. The molecule has 1 amide bonds. The van der Waals surface area contributed by atoms with Gasteiger partial charge in [0.2, 0.25) is 0 Å². The van der Waals surface area contributed by atoms with Crippen molar-refractivity contribution in [3.05, 3.63) is 23.7 Å². The molecule has 2 N–H and O–H groups in total. The van der Waals surface area contributed by atoms with Crippen LogP contribution in [-0.2, 0) is 11.3 Å². The number of ether oxygens (including phenoxy) is 1. The molecule has 0 radical (unpaired) electrons. The predicted molar refractivity (Wildman–Crippen MR) is 67.1 cm³/mol. The lowest BCUT2D eigenvalue weighted by Gasteiger charge is -2.15. The van der Waals surface area contributed by atoms with E-state index in [4.69, 9.17) is 14.9 Å². The zero-order valence-electron chi connectivity index (χ0n) is 10.7. The molecular weight excluding hydrogens is 232 g/mol. The lowest BCUT2D eigenvalue weighted by atomic mass is 10.4. The molecule has 0 saturated heterocycles. The van der Waals surface area contributed by atoms with Crippen LogP contribution in [0, 0.1) is 5.92 Å². The van der Waals surface area contributed by atoms with Crippen LogP contribution in [0.25, 0.3) is 0 Å². The second-order valence-corrected chi connectivity index (χ2v) is 4.72. The monoisotopic (exact) mass is 252 g/mol. The van der Waals surface area contributed by atoms with Crippen LogP contribution in [0.1, 0.15) is 29.2 Å². The largest absolute Gasteiger partial charge is 0.455 e. The van der Waals surface area contributed by atoms with E-state index in [1.54, 1.807) is 24.1 Å². The Morgan fingerprint density at radius 2 is 2.33 bits per heavy atom. The molecule has 18 heavy (non-hydrogen) atoms. The number of hydrogen-bond donors (Lipinski definition) is 1. The zero-order valence-corrected chi connectivity index (χ0v) is 10.7. The molecule has 1 aromatic heterocycles. The van der Waals surface area contributed by atoms with Gasteiger partial charge in [0.25, 0.3) is 5.91 Å². The van der Waals surface area contributed by atoms with Gasteiger partial charge in [0.15, 0.2) is 5.76 Å². The van der Waals surface area contributed by atoms with Crippen LogP contribution in [0.4, 0.5) is 0 Å². The van der Waals surface area contributed by atoms with Crippen LogP contribution < -0.4 is 5.73 Å². The van der Waals surface area contributed by atoms with Gasteiger partial charge < -0.3 is 19.8 Å². The molecular formula is C13H20N2O3. The highest BCUT2D eigenvalue weighted by molar-refractivity contribution is 5.91. The van der Waals surface area contributed by atoms with E-state index in [0.717, 1.165) is 12.5 Å². The number of likely N-dealkylation sites (N-methyl/N-ethyl adjacent to an activating group) is 1. The van der Waals surface area contributed by atoms with Crippen molar-refractivity contribution in [2.45, 2.75) is 19.4 Å². The molecule has 1 aromatic rings. The second-order valence-electron chi connectivity index (χ2n) is 4.72. The molecule has 0 bridgehead atoms. The van der Waals surface area contributed by atoms with E-state index < -0.39 is 0 Å². The van der Waals surface area contributed by atoms with E-state index in [1.165, 1.54) is 12.8 Å². The summed E-state index contributed by atoms with van der Waals surface area (Å²) in [5, 5.41) is 0. The maximum absolute atomic E-state index is 12.0. The fourth-order valence-electron chi connectivity index (χ4n) is 1.63. The van der Waals surface area contributed by atoms with Gasteiger partial charge in [0.1, 0.15) is 5.76 Å². The van der Waals surface area contributed by atoms with Crippen molar-refractivity contribution < 1.29 is 13.9 Å². The standard InChI is InChI=1S/C13H20N2O3/c1-15(6-7-17-9-10-2-3-10)13(16)12-5-4-11(8-14)18-12/h4-5,10H,2-3,6-9,14H2,1H3. The van der Waals surface area contributed by atoms with Crippen molar-refractivity contribution in [3.8, 4) is 0 Å². The molecule has 0 aliphatic heterocycles. The molecule has 100 valence electrons. The Morgan fingerprint density at radius 1 is 1.56 bits per heavy atom. The quantitative estimate of drug-likeness (QED) is 0.741. The van der Waals surface area contributed by atoms with Crippen molar-refractivity contribution in [3.63, 3.8) is 0 Å². The van der Waals surface area contributed by atoms with E-state index in [2.05, 4.69) is 0 Å². The molecule has 1 aliphatic carbocycles. The zero-order chi connectivity index (χ0) is 13.0. The summed E-state index contributed by atoms with van der Waals surface area (Å²) in [7, 11) is 1.74. The van der Waals surface area contributed by atoms with Crippen molar-refractivity contribution in [2.75, 3.05) is 26.8 Å². The first kappa shape index (κ1) is 13.1. The summed E-state index contributed by atoms with van der Waals surface area (Å²) in [5.74, 6) is 1.57. The van der Waals surface area contributed by atoms with E-state index in [1.807, 2.05) is 0 Å². The van der Waals surface area contributed by atoms with Crippen LogP contribution in [0.5, 0.6) is 0 Å². The first-order valence-corrected chi connectivity index (χ1v) is 6.32. The minimum absolute atomic E-state index is 0.135. The third-order valence-corrected chi connectivity index (χ3v) is 3.04. The first-order valence-electron chi connectivity index (χ1n) is 6.32. The smallest absolute Gasteiger partial charge is 0.289 e. The number of nitrogens with zero attached hydrogens (tertiary/aromatic N) is 1. The normalized spacial score (nSPS) is 14.8. The van der Waals surface area contributed by atoms with Crippen LogP contribution in [0.15, 0.2) is 16.5 Å². The van der Waals surface area contributed by atoms with Crippen molar-refractivity contribution in [2.24, 2.45) is 11.7 Å². The number of carbonyl (C=O) groups is 1. The van der Waals surface area contributed by atoms with E-state index in [0.29, 0.717) is 31.2 Å². The van der Waals surface area contributed by atoms with Gasteiger partial charge in [-0.1, -0.05) is 0 Å². The number of furan rings is 1. The molecule has 0 unspecified atom stereocenters. The van der Waals surface area contributed by atoms with Gasteiger partial charge in [-0.05, 0) is 30.9 Å². The number of nitrogens with two attached hydrogens (primary N) is 1. The van der Waals surface area contributed by atoms with Crippen LogP contribution in [0.2, 0.25) is 0 Å². The highest BCUT2D eigenvalue weighted by Gasteiger charge is 2.21. The van der Waals surface area contributed by atoms with Crippen molar-refractivity contribution in [1.29, 1.82) is 0 Å². The Balaban J connectivity index is 1.72. The van der Waals surface area contributed by atoms with Gasteiger partial charge in [0, 0.05) is 20.2 Å². The van der Waals surface area contributed by atoms with Gasteiger partial charge in [0.05, 0.1) is 13.2 Å². The Labute approximate surface area is 107 Å². The van der Waals surface area contributed by atoms with Crippen LogP contribution >= 0.6 is 0 Å². The summed E-state index contributed by atoms with van der Waals surface area (Å²) < 4.78 is 10.8. The first-order chi connectivity index (χ1) is 8.70. The molecule has 1 fully saturated rings. The summed E-state index contributed by atoms with van der Waals surface area (Å²) in [5.41, 5.74) is 5.43. The number of hydrogen-bond acceptors (Lipinski definition) is 4. The minimum atomic E-state index is -0.135.